The van der Waals surface area contributed by atoms with Crippen molar-refractivity contribution in [1.82, 2.24) is 5.32 Å². The molecule has 0 bridgehead atoms. The van der Waals surface area contributed by atoms with Gasteiger partial charge in [-0.3, -0.25) is 4.99 Å². The third kappa shape index (κ3) is 6.35. The minimum Gasteiger partial charge on any atom is -0.339 e. The van der Waals surface area contributed by atoms with Crippen LogP contribution >= 0.6 is 11.3 Å². The van der Waals surface area contributed by atoms with Crippen LogP contribution in [0.25, 0.3) is 64.8 Å². The topological polar surface area (TPSA) is 24.4 Å². The Hall–Kier alpha value is -6.81. The molecule has 10 rings (SSSR count). The minimum atomic E-state index is -0.221. The SMILES string of the molecule is c1ccc(C2=NC(c3ccc(-c4cc(-c5ccccc5)cc(-c5ccc6sc7ccccc7c6c5)c4)cc3)C(c3ccccc3)=C(c3ccccc3)N2)cc1. The van der Waals surface area contributed by atoms with Gasteiger partial charge in [0.1, 0.15) is 11.9 Å². The second-order valence-electron chi connectivity index (χ2n) is 14.0. The predicted octanol–water partition coefficient (Wildman–Crippen LogP) is 13.7. The van der Waals surface area contributed by atoms with Crippen molar-refractivity contribution in [3.8, 4) is 33.4 Å². The molecule has 1 unspecified atom stereocenters. The largest absolute Gasteiger partial charge is 0.339 e. The third-order valence-corrected chi connectivity index (χ3v) is 11.7. The summed E-state index contributed by atoms with van der Waals surface area (Å²) in [6.45, 7) is 0. The lowest BCUT2D eigenvalue weighted by Gasteiger charge is -2.30. The zero-order valence-electron chi connectivity index (χ0n) is 30.1. The lowest BCUT2D eigenvalue weighted by Crippen LogP contribution is -2.29. The van der Waals surface area contributed by atoms with Crippen LogP contribution in [0.4, 0.5) is 0 Å². The normalized spacial score (nSPS) is 14.2. The highest BCUT2D eigenvalue weighted by atomic mass is 32.1. The zero-order valence-corrected chi connectivity index (χ0v) is 30.9. The van der Waals surface area contributed by atoms with Crippen LogP contribution in [0.15, 0.2) is 211 Å². The molecular formula is C52H36N2S. The first-order valence-corrected chi connectivity index (χ1v) is 19.5. The quantitative estimate of drug-likeness (QED) is 0.174. The number of amidine groups is 1. The van der Waals surface area contributed by atoms with Gasteiger partial charge in [-0.25, -0.2) is 0 Å². The number of nitrogens with zero attached hydrogens (tertiary/aromatic N) is 1. The van der Waals surface area contributed by atoms with Gasteiger partial charge in [0.05, 0.1) is 5.70 Å². The maximum absolute atomic E-state index is 5.46. The summed E-state index contributed by atoms with van der Waals surface area (Å²) in [5.41, 5.74) is 13.9. The Labute approximate surface area is 325 Å². The molecule has 55 heavy (non-hydrogen) atoms. The molecule has 0 aliphatic carbocycles. The van der Waals surface area contributed by atoms with Gasteiger partial charge in [-0.05, 0) is 86.5 Å². The number of hydrogen-bond donors (Lipinski definition) is 1. The van der Waals surface area contributed by atoms with Crippen molar-refractivity contribution in [2.24, 2.45) is 4.99 Å². The molecule has 0 fully saturated rings. The molecule has 8 aromatic carbocycles. The maximum atomic E-state index is 5.46. The molecule has 1 aliphatic heterocycles. The standard InChI is InChI=1S/C52H36N2S/c1-5-15-35(16-6-1)42-31-43(33-44(32-42)41-29-30-48-46(34-41)45-23-13-14-24-47(45)55-48)36-25-27-39(28-26-36)51-49(37-17-7-2-8-18-37)50(38-19-9-3-10-20-38)53-52(54-51)40-21-11-4-12-22-40/h1-34,51H,(H,53,54). The van der Waals surface area contributed by atoms with Crippen LogP contribution in [0.5, 0.6) is 0 Å². The highest BCUT2D eigenvalue weighted by Gasteiger charge is 2.28. The van der Waals surface area contributed by atoms with Gasteiger partial charge in [0.25, 0.3) is 0 Å². The van der Waals surface area contributed by atoms with Crippen LogP contribution in [0.2, 0.25) is 0 Å². The molecule has 2 nitrogen and oxygen atoms in total. The number of aliphatic imine (C=N–C) groups is 1. The van der Waals surface area contributed by atoms with Gasteiger partial charge in [0.15, 0.2) is 0 Å². The summed E-state index contributed by atoms with van der Waals surface area (Å²) >= 11 is 1.86. The van der Waals surface area contributed by atoms with Gasteiger partial charge in [-0.2, -0.15) is 0 Å². The van der Waals surface area contributed by atoms with Gasteiger partial charge in [-0.1, -0.05) is 170 Å². The number of benzene rings is 8. The lowest BCUT2D eigenvalue weighted by molar-refractivity contribution is 0.901. The van der Waals surface area contributed by atoms with Gasteiger partial charge in [0.2, 0.25) is 0 Å². The number of rotatable bonds is 7. The van der Waals surface area contributed by atoms with Crippen molar-refractivity contribution in [3.05, 3.63) is 229 Å². The molecule has 0 spiro atoms. The molecule has 0 radical (unpaired) electrons. The Morgan fingerprint density at radius 3 is 1.51 bits per heavy atom. The number of nitrogens with one attached hydrogen (secondary N) is 1. The van der Waals surface area contributed by atoms with E-state index in [1.54, 1.807) is 0 Å². The number of fused-ring (bicyclic) bond motifs is 3. The Bertz CT molecular complexity index is 2860. The molecule has 2 heterocycles. The fourth-order valence-corrected chi connectivity index (χ4v) is 8.89. The van der Waals surface area contributed by atoms with Gasteiger partial charge in [0, 0.05) is 31.3 Å². The average Bonchev–Trinajstić information content (AvgIpc) is 3.65. The molecule has 1 aromatic heterocycles. The van der Waals surface area contributed by atoms with E-state index in [0.29, 0.717) is 0 Å². The first-order chi connectivity index (χ1) is 27.2. The van der Waals surface area contributed by atoms with E-state index in [-0.39, 0.29) is 6.04 Å². The Morgan fingerprint density at radius 1 is 0.364 bits per heavy atom. The highest BCUT2D eigenvalue weighted by Crippen LogP contribution is 2.43. The van der Waals surface area contributed by atoms with Crippen LogP contribution in [-0.4, -0.2) is 5.84 Å². The lowest BCUT2D eigenvalue weighted by atomic mass is 9.87. The molecule has 1 aliphatic rings. The van der Waals surface area contributed by atoms with E-state index in [9.17, 15) is 0 Å². The average molecular weight is 721 g/mol. The van der Waals surface area contributed by atoms with Crippen molar-refractivity contribution in [2.75, 3.05) is 0 Å². The monoisotopic (exact) mass is 720 g/mol. The van der Waals surface area contributed by atoms with Crippen molar-refractivity contribution < 1.29 is 0 Å². The van der Waals surface area contributed by atoms with Crippen LogP contribution < -0.4 is 5.32 Å². The Balaban J connectivity index is 1.10. The zero-order chi connectivity index (χ0) is 36.6. The fourth-order valence-electron chi connectivity index (χ4n) is 7.81. The highest BCUT2D eigenvalue weighted by molar-refractivity contribution is 7.25. The molecule has 1 N–H and O–H groups in total. The summed E-state index contributed by atoms with van der Waals surface area (Å²) in [6.07, 6.45) is 0. The van der Waals surface area contributed by atoms with Crippen LogP contribution in [0.3, 0.4) is 0 Å². The predicted molar refractivity (Wildman–Crippen MR) is 234 cm³/mol. The molecular weight excluding hydrogens is 685 g/mol. The van der Waals surface area contributed by atoms with E-state index >= 15 is 0 Å². The van der Waals surface area contributed by atoms with E-state index in [2.05, 4.69) is 206 Å². The summed E-state index contributed by atoms with van der Waals surface area (Å²) < 4.78 is 2.64. The smallest absolute Gasteiger partial charge is 0.133 e. The first-order valence-electron chi connectivity index (χ1n) is 18.7. The fraction of sp³-hybridized carbons (Fsp3) is 0.0192. The summed E-state index contributed by atoms with van der Waals surface area (Å²) in [5.74, 6) is 0.865. The van der Waals surface area contributed by atoms with Crippen molar-refractivity contribution >= 4 is 48.6 Å². The van der Waals surface area contributed by atoms with Gasteiger partial charge >= 0.3 is 0 Å². The summed E-state index contributed by atoms with van der Waals surface area (Å²) in [5, 5.41) is 6.39. The molecule has 0 amide bonds. The van der Waals surface area contributed by atoms with E-state index in [4.69, 9.17) is 4.99 Å². The first kappa shape index (κ1) is 32.8. The number of thiophene rings is 1. The van der Waals surface area contributed by atoms with E-state index in [1.165, 1.54) is 53.6 Å². The van der Waals surface area contributed by atoms with Crippen molar-refractivity contribution in [3.63, 3.8) is 0 Å². The van der Waals surface area contributed by atoms with Crippen molar-refractivity contribution in [1.29, 1.82) is 0 Å². The van der Waals surface area contributed by atoms with Crippen molar-refractivity contribution in [2.45, 2.75) is 6.04 Å². The van der Waals surface area contributed by atoms with E-state index < -0.39 is 0 Å². The second kappa shape index (κ2) is 14.2. The van der Waals surface area contributed by atoms with Crippen LogP contribution in [-0.2, 0) is 0 Å². The van der Waals surface area contributed by atoms with Crippen LogP contribution in [0.1, 0.15) is 28.3 Å². The van der Waals surface area contributed by atoms with E-state index in [0.717, 1.165) is 39.4 Å². The molecule has 0 saturated carbocycles. The molecule has 260 valence electrons. The molecule has 3 heteroatoms. The van der Waals surface area contributed by atoms with Gasteiger partial charge < -0.3 is 5.32 Å². The summed E-state index contributed by atoms with van der Waals surface area (Å²) in [6, 6.07) is 73.9. The molecule has 1 atom stereocenters. The van der Waals surface area contributed by atoms with Gasteiger partial charge in [-0.15, -0.1) is 11.3 Å². The summed E-state index contributed by atoms with van der Waals surface area (Å²) in [7, 11) is 0. The van der Waals surface area contributed by atoms with Crippen LogP contribution in [0, 0.1) is 0 Å². The van der Waals surface area contributed by atoms with E-state index in [1.807, 2.05) is 17.4 Å². The summed E-state index contributed by atoms with van der Waals surface area (Å²) in [4.78, 5) is 5.46. The molecule has 9 aromatic rings. The minimum absolute atomic E-state index is 0.221. The third-order valence-electron chi connectivity index (χ3n) is 10.5. The maximum Gasteiger partial charge on any atom is 0.133 e. The Kier molecular flexibility index (Phi) is 8.47. The molecule has 0 saturated heterocycles. The second-order valence-corrected chi connectivity index (χ2v) is 15.1. The Morgan fingerprint density at radius 2 is 0.855 bits per heavy atom. The number of hydrogen-bond acceptors (Lipinski definition) is 3.